The molecule has 1 aliphatic heterocycles. The van der Waals surface area contributed by atoms with Crippen molar-refractivity contribution in [1.82, 2.24) is 14.8 Å². The van der Waals surface area contributed by atoms with E-state index in [0.717, 1.165) is 41.1 Å². The highest BCUT2D eigenvalue weighted by atomic mass is 32.2. The number of aromatic nitrogens is 1. The predicted octanol–water partition coefficient (Wildman–Crippen LogP) is 6.32. The minimum Gasteiger partial charge on any atom is -0.479 e. The molecular formula is C44H44F5N3O9S. The quantitative estimate of drug-likeness (QED) is 0.0587. The molecule has 4 aromatic carbocycles. The van der Waals surface area contributed by atoms with Crippen molar-refractivity contribution in [3.05, 3.63) is 136 Å². The lowest BCUT2D eigenvalue weighted by atomic mass is 9.82. The number of amides is 1. The monoisotopic (exact) mass is 885 g/mol. The van der Waals surface area contributed by atoms with E-state index in [1.165, 1.54) is 30.3 Å². The number of ether oxygens (including phenoxy) is 1. The molecule has 5 N–H and O–H groups in total. The SMILES string of the molecule is COCCC1(N(Cc2ccc(-c3ccc(C(F)(F)F)cc3)cc2)C(=O)Cn2c(SCc3cccc(F)c3F)cc(=O)c3ccccc32)CCNCC1.O=C(O)C(O)C(O)C(=O)O. The second kappa shape index (κ2) is 20.9. The third-order valence-electron chi connectivity index (χ3n) is 10.5. The minimum absolute atomic E-state index is 0.0357. The largest absolute Gasteiger partial charge is 0.479 e. The molecule has 18 heteroatoms. The molecule has 0 radical (unpaired) electrons. The molecule has 2 atom stereocenters. The first-order chi connectivity index (χ1) is 29.5. The van der Waals surface area contributed by atoms with Crippen molar-refractivity contribution in [3.8, 4) is 11.1 Å². The molecule has 0 aliphatic carbocycles. The number of fused-ring (bicyclic) bond motifs is 1. The number of hydrogen-bond donors (Lipinski definition) is 5. The lowest BCUT2D eigenvalue weighted by molar-refractivity contribution is -0.165. The number of thioether (sulfide) groups is 1. The number of halogens is 5. The molecule has 0 saturated carbocycles. The molecule has 62 heavy (non-hydrogen) atoms. The van der Waals surface area contributed by atoms with Gasteiger partial charge in [0.1, 0.15) is 6.54 Å². The fraction of sp³-hybridized carbons (Fsp3) is 0.318. The van der Waals surface area contributed by atoms with Crippen molar-refractivity contribution in [2.45, 2.75) is 67.1 Å². The second-order valence-corrected chi connectivity index (χ2v) is 15.5. The zero-order valence-electron chi connectivity index (χ0n) is 33.3. The number of carbonyl (C=O) groups excluding carboxylic acids is 1. The second-order valence-electron chi connectivity index (χ2n) is 14.5. The van der Waals surface area contributed by atoms with Gasteiger partial charge in [-0.2, -0.15) is 13.2 Å². The van der Waals surface area contributed by atoms with Crippen molar-refractivity contribution in [1.29, 1.82) is 0 Å². The number of carboxylic acids is 2. The summed E-state index contributed by atoms with van der Waals surface area (Å²) in [6.45, 7) is 1.95. The Balaban J connectivity index is 0.000000646. The normalized spacial score (nSPS) is 14.6. The fourth-order valence-corrected chi connectivity index (χ4v) is 8.12. The number of aliphatic carboxylic acids is 2. The van der Waals surface area contributed by atoms with Crippen LogP contribution in [0.1, 0.15) is 36.0 Å². The van der Waals surface area contributed by atoms with E-state index < -0.39 is 53.1 Å². The average Bonchev–Trinajstić information content (AvgIpc) is 3.26. The van der Waals surface area contributed by atoms with Gasteiger partial charge < -0.3 is 39.9 Å². The highest BCUT2D eigenvalue weighted by Crippen LogP contribution is 2.35. The van der Waals surface area contributed by atoms with Gasteiger partial charge in [0.25, 0.3) is 0 Å². The molecule has 12 nitrogen and oxygen atoms in total. The number of alkyl halides is 3. The number of nitrogens with one attached hydrogen (secondary N) is 1. The molecule has 6 rings (SSSR count). The summed E-state index contributed by atoms with van der Waals surface area (Å²) in [4.78, 5) is 49.5. The van der Waals surface area contributed by atoms with E-state index in [-0.39, 0.29) is 35.7 Å². The van der Waals surface area contributed by atoms with Crippen LogP contribution in [0, 0.1) is 11.6 Å². The summed E-state index contributed by atoms with van der Waals surface area (Å²) in [5.41, 5.74) is 1.36. The number of rotatable bonds is 15. The van der Waals surface area contributed by atoms with Crippen LogP contribution < -0.4 is 10.7 Å². The van der Waals surface area contributed by atoms with Crippen LogP contribution in [-0.4, -0.2) is 92.3 Å². The van der Waals surface area contributed by atoms with E-state index in [0.29, 0.717) is 60.5 Å². The zero-order chi connectivity index (χ0) is 45.2. The van der Waals surface area contributed by atoms with Crippen molar-refractivity contribution >= 4 is 40.5 Å². The Labute approximate surface area is 356 Å². The molecule has 1 amide bonds. The first-order valence-corrected chi connectivity index (χ1v) is 20.2. The van der Waals surface area contributed by atoms with Crippen molar-refractivity contribution in [2.75, 3.05) is 26.8 Å². The smallest absolute Gasteiger partial charge is 0.416 e. The van der Waals surface area contributed by atoms with Gasteiger partial charge in [0, 0.05) is 48.6 Å². The van der Waals surface area contributed by atoms with E-state index in [9.17, 15) is 41.1 Å². The molecular weight excluding hydrogens is 842 g/mol. The van der Waals surface area contributed by atoms with Crippen LogP contribution in [0.15, 0.2) is 107 Å². The Morgan fingerprint density at radius 1 is 0.871 bits per heavy atom. The summed E-state index contributed by atoms with van der Waals surface area (Å²) in [6.07, 6.45) is -7.01. The standard InChI is InChI=1S/C40H38F5N3O3S.C4H6O6/c1-51-22-19-39(17-20-46-21-18-39)48(24-27-9-11-28(12-10-27)29-13-15-31(16-14-29)40(43,44)45)36(50)25-47-34-8-3-2-6-32(34)35(49)23-37(47)52-26-30-5-4-7-33(41)38(30)42;5-1(3(7)8)2(6)4(9)10/h2-16,23,46H,17-22,24-26H2,1H3;1-2,5-6H,(H,7,8)(H,9,10). The Kier molecular flexibility index (Phi) is 16.0. The van der Waals surface area contributed by atoms with Crippen LogP contribution in [0.2, 0.25) is 0 Å². The topological polar surface area (TPSA) is 179 Å². The number of carbonyl (C=O) groups is 3. The van der Waals surface area contributed by atoms with E-state index in [1.54, 1.807) is 35.9 Å². The number of aliphatic hydroxyl groups excluding tert-OH is 2. The van der Waals surface area contributed by atoms with Gasteiger partial charge in [0.15, 0.2) is 29.3 Å². The number of methoxy groups -OCH3 is 1. The van der Waals surface area contributed by atoms with Gasteiger partial charge in [0.05, 0.1) is 16.1 Å². The van der Waals surface area contributed by atoms with Gasteiger partial charge in [-0.3, -0.25) is 9.59 Å². The maximum absolute atomic E-state index is 14.8. The maximum atomic E-state index is 14.8. The Hall–Kier alpha value is -5.66. The highest BCUT2D eigenvalue weighted by Gasteiger charge is 2.41. The van der Waals surface area contributed by atoms with Crippen LogP contribution >= 0.6 is 11.8 Å². The first kappa shape index (κ1) is 47.4. The molecule has 330 valence electrons. The van der Waals surface area contributed by atoms with Gasteiger partial charge in [-0.15, -0.1) is 11.8 Å². The maximum Gasteiger partial charge on any atom is 0.416 e. The van der Waals surface area contributed by atoms with Crippen LogP contribution in [0.25, 0.3) is 22.0 Å². The lowest BCUT2D eigenvalue weighted by Crippen LogP contribution is -2.57. The van der Waals surface area contributed by atoms with Gasteiger partial charge in [-0.05, 0) is 79.4 Å². The summed E-state index contributed by atoms with van der Waals surface area (Å²) in [7, 11) is 1.62. The van der Waals surface area contributed by atoms with Crippen LogP contribution in [0.3, 0.4) is 0 Å². The lowest BCUT2D eigenvalue weighted by Gasteiger charge is -2.47. The summed E-state index contributed by atoms with van der Waals surface area (Å²) >= 11 is 1.15. The Morgan fingerprint density at radius 2 is 1.47 bits per heavy atom. The van der Waals surface area contributed by atoms with Crippen LogP contribution in [0.4, 0.5) is 22.0 Å². The Morgan fingerprint density at radius 3 is 2.05 bits per heavy atom. The summed E-state index contributed by atoms with van der Waals surface area (Å²) in [6, 6.07) is 24.8. The van der Waals surface area contributed by atoms with Gasteiger partial charge in [-0.1, -0.05) is 60.7 Å². The minimum atomic E-state index is -4.42. The number of aliphatic hydroxyl groups is 2. The number of hydrogen-bond acceptors (Lipinski definition) is 9. The molecule has 1 aliphatic rings. The van der Waals surface area contributed by atoms with Gasteiger partial charge in [-0.25, -0.2) is 18.4 Å². The molecule has 0 bridgehead atoms. The third-order valence-corrected chi connectivity index (χ3v) is 11.6. The fourth-order valence-electron chi connectivity index (χ4n) is 7.09. The molecule has 5 aromatic rings. The number of benzene rings is 4. The first-order valence-electron chi connectivity index (χ1n) is 19.2. The highest BCUT2D eigenvalue weighted by molar-refractivity contribution is 7.98. The van der Waals surface area contributed by atoms with E-state index in [2.05, 4.69) is 5.32 Å². The number of pyridine rings is 1. The summed E-state index contributed by atoms with van der Waals surface area (Å²) in [5, 5.41) is 36.8. The zero-order valence-corrected chi connectivity index (χ0v) is 34.1. The molecule has 0 spiro atoms. The predicted molar refractivity (Wildman–Crippen MR) is 220 cm³/mol. The average molecular weight is 886 g/mol. The van der Waals surface area contributed by atoms with E-state index in [1.807, 2.05) is 29.2 Å². The Bertz CT molecular complexity index is 2390. The van der Waals surface area contributed by atoms with Gasteiger partial charge in [0.2, 0.25) is 5.91 Å². The van der Waals surface area contributed by atoms with Crippen LogP contribution in [-0.2, 0) is 44.1 Å². The number of para-hydroxylation sites is 1. The number of carboxylic acid groups (broad SMARTS) is 2. The van der Waals surface area contributed by atoms with E-state index >= 15 is 0 Å². The molecule has 1 fully saturated rings. The van der Waals surface area contributed by atoms with E-state index in [4.69, 9.17) is 25.2 Å². The molecule has 1 saturated heterocycles. The van der Waals surface area contributed by atoms with Crippen molar-refractivity contribution < 1.29 is 61.5 Å². The van der Waals surface area contributed by atoms with Crippen LogP contribution in [0.5, 0.6) is 0 Å². The third kappa shape index (κ3) is 11.6. The molecule has 2 heterocycles. The number of piperidine rings is 1. The van der Waals surface area contributed by atoms with Crippen molar-refractivity contribution in [2.24, 2.45) is 0 Å². The molecule has 2 unspecified atom stereocenters. The number of nitrogens with zero attached hydrogens (tertiary/aromatic N) is 2. The molecule has 1 aromatic heterocycles. The summed E-state index contributed by atoms with van der Waals surface area (Å²) in [5.74, 6) is -5.62. The van der Waals surface area contributed by atoms with Gasteiger partial charge >= 0.3 is 18.1 Å². The summed E-state index contributed by atoms with van der Waals surface area (Å²) < 4.78 is 75.3. The van der Waals surface area contributed by atoms with Crippen molar-refractivity contribution in [3.63, 3.8) is 0 Å².